The lowest BCUT2D eigenvalue weighted by atomic mass is 10.0. The first kappa shape index (κ1) is 13.7. The Morgan fingerprint density at radius 2 is 1.67 bits per heavy atom. The summed E-state index contributed by atoms with van der Waals surface area (Å²) in [6, 6.07) is 10.5. The van der Waals surface area contributed by atoms with Crippen LogP contribution in [-0.4, -0.2) is 18.0 Å². The van der Waals surface area contributed by atoms with Gasteiger partial charge in [-0.25, -0.2) is 0 Å². The third-order valence-electron chi connectivity index (χ3n) is 2.12. The van der Waals surface area contributed by atoms with Gasteiger partial charge in [-0.05, 0) is 5.56 Å². The zero-order valence-corrected chi connectivity index (χ0v) is 10.1. The molecule has 94 valence electrons. The Labute approximate surface area is 105 Å². The molecule has 0 unspecified atom stereocenters. The molecule has 5 nitrogen and oxygen atoms in total. The normalized spacial score (nSPS) is 12.9. The first-order valence-corrected chi connectivity index (χ1v) is 5.33. The molecule has 0 bridgehead atoms. The minimum Gasteiger partial charge on any atom is -0.452 e. The van der Waals surface area contributed by atoms with Crippen LogP contribution in [0, 0.1) is 11.3 Å². The fraction of sp³-hybridized carbons (Fsp3) is 0.308. The average molecular weight is 247 g/mol. The van der Waals surface area contributed by atoms with Gasteiger partial charge >= 0.3 is 11.9 Å². The van der Waals surface area contributed by atoms with Crippen molar-refractivity contribution in [1.82, 2.24) is 0 Å². The monoisotopic (exact) mass is 247 g/mol. The van der Waals surface area contributed by atoms with Crippen LogP contribution >= 0.6 is 0 Å². The van der Waals surface area contributed by atoms with Gasteiger partial charge in [0.05, 0.1) is 0 Å². The van der Waals surface area contributed by atoms with E-state index in [4.69, 9.17) is 14.7 Å². The second-order valence-corrected chi connectivity index (χ2v) is 3.60. The van der Waals surface area contributed by atoms with Crippen molar-refractivity contribution in [3.05, 3.63) is 35.9 Å². The lowest BCUT2D eigenvalue weighted by Gasteiger charge is -2.21. The fourth-order valence-electron chi connectivity index (χ4n) is 1.46. The maximum atomic E-state index is 11.1. The molecule has 18 heavy (non-hydrogen) atoms. The van der Waals surface area contributed by atoms with Crippen LogP contribution in [0.2, 0.25) is 0 Å². The molecule has 0 aliphatic rings. The van der Waals surface area contributed by atoms with Crippen LogP contribution in [0.3, 0.4) is 0 Å². The molecule has 0 saturated heterocycles. The summed E-state index contributed by atoms with van der Waals surface area (Å²) in [5.74, 6) is -1.15. The second kappa shape index (κ2) is 6.40. The molecule has 0 spiro atoms. The van der Waals surface area contributed by atoms with Crippen molar-refractivity contribution in [3.63, 3.8) is 0 Å². The highest BCUT2D eigenvalue weighted by Crippen LogP contribution is 2.23. The summed E-state index contributed by atoms with van der Waals surface area (Å²) in [5.41, 5.74) is 0.598. The predicted molar refractivity (Wildman–Crippen MR) is 62.1 cm³/mol. The number of carbonyl (C=O) groups excluding carboxylic acids is 2. The summed E-state index contributed by atoms with van der Waals surface area (Å²) >= 11 is 0. The van der Waals surface area contributed by atoms with E-state index in [1.807, 2.05) is 6.07 Å². The van der Waals surface area contributed by atoms with Crippen LogP contribution in [0.1, 0.15) is 25.5 Å². The molecule has 0 amide bonds. The Morgan fingerprint density at radius 3 is 2.11 bits per heavy atom. The molecule has 1 rings (SSSR count). The molecule has 1 aromatic carbocycles. The van der Waals surface area contributed by atoms with E-state index in [2.05, 4.69) is 0 Å². The van der Waals surface area contributed by atoms with Crippen LogP contribution in [0.5, 0.6) is 0 Å². The van der Waals surface area contributed by atoms with E-state index in [-0.39, 0.29) is 0 Å². The van der Waals surface area contributed by atoms with Gasteiger partial charge in [0.15, 0.2) is 6.10 Å². The van der Waals surface area contributed by atoms with Gasteiger partial charge in [-0.1, -0.05) is 30.3 Å². The molecule has 1 aromatic rings. The van der Waals surface area contributed by atoms with E-state index in [0.29, 0.717) is 5.56 Å². The smallest absolute Gasteiger partial charge is 0.304 e. The van der Waals surface area contributed by atoms with E-state index in [1.54, 1.807) is 30.3 Å². The number of carbonyl (C=O) groups is 2. The number of hydrogen-bond acceptors (Lipinski definition) is 5. The summed E-state index contributed by atoms with van der Waals surface area (Å²) in [6.07, 6.45) is -2.08. The number of ether oxygens (including phenoxy) is 2. The van der Waals surface area contributed by atoms with Crippen molar-refractivity contribution < 1.29 is 19.1 Å². The zero-order valence-electron chi connectivity index (χ0n) is 10.1. The molecular formula is C13H13NO4. The topological polar surface area (TPSA) is 76.4 Å². The summed E-state index contributed by atoms with van der Waals surface area (Å²) in [7, 11) is 0. The van der Waals surface area contributed by atoms with Crippen LogP contribution in [0.25, 0.3) is 0 Å². The van der Waals surface area contributed by atoms with Crippen LogP contribution in [0.4, 0.5) is 0 Å². The van der Waals surface area contributed by atoms with Gasteiger partial charge in [0.25, 0.3) is 0 Å². The van der Waals surface area contributed by atoms with E-state index in [1.165, 1.54) is 13.8 Å². The van der Waals surface area contributed by atoms with E-state index in [0.717, 1.165) is 0 Å². The number of benzene rings is 1. The zero-order chi connectivity index (χ0) is 13.5. The number of nitrogens with zero attached hydrogens (tertiary/aromatic N) is 1. The van der Waals surface area contributed by atoms with Crippen molar-refractivity contribution in [2.75, 3.05) is 0 Å². The van der Waals surface area contributed by atoms with Crippen molar-refractivity contribution in [1.29, 1.82) is 5.26 Å². The highest BCUT2D eigenvalue weighted by atomic mass is 16.6. The van der Waals surface area contributed by atoms with Crippen LogP contribution < -0.4 is 0 Å². The molecule has 0 aromatic heterocycles. The number of rotatable bonds is 4. The Balaban J connectivity index is 3.01. The minimum absolute atomic E-state index is 0.545. The molecule has 0 aliphatic heterocycles. The Kier molecular flexibility index (Phi) is 4.88. The first-order chi connectivity index (χ1) is 8.54. The maximum absolute atomic E-state index is 11.1. The lowest BCUT2D eigenvalue weighted by Crippen LogP contribution is -2.26. The van der Waals surface area contributed by atoms with Crippen molar-refractivity contribution >= 4 is 11.9 Å². The Bertz CT molecular complexity index is 464. The van der Waals surface area contributed by atoms with E-state index >= 15 is 0 Å². The van der Waals surface area contributed by atoms with E-state index in [9.17, 15) is 9.59 Å². The lowest BCUT2D eigenvalue weighted by molar-refractivity contribution is -0.161. The largest absolute Gasteiger partial charge is 0.452 e. The van der Waals surface area contributed by atoms with Crippen LogP contribution in [0.15, 0.2) is 30.3 Å². The molecule has 0 aliphatic carbocycles. The highest BCUT2D eigenvalue weighted by Gasteiger charge is 2.28. The van der Waals surface area contributed by atoms with Crippen molar-refractivity contribution in [3.8, 4) is 6.07 Å². The number of nitriles is 1. The molecular weight excluding hydrogens is 234 g/mol. The SMILES string of the molecule is CC(=O)O[C@H](c1ccccc1)[C@@H](C#N)OC(C)=O. The maximum Gasteiger partial charge on any atom is 0.304 e. The molecule has 0 radical (unpaired) electrons. The fourth-order valence-corrected chi connectivity index (χ4v) is 1.46. The number of esters is 2. The van der Waals surface area contributed by atoms with Gasteiger partial charge in [0.2, 0.25) is 6.10 Å². The average Bonchev–Trinajstić information content (AvgIpc) is 2.34. The summed E-state index contributed by atoms with van der Waals surface area (Å²) in [5, 5.41) is 9.00. The molecule has 0 saturated carbocycles. The summed E-state index contributed by atoms with van der Waals surface area (Å²) in [4.78, 5) is 22.0. The van der Waals surface area contributed by atoms with Gasteiger partial charge in [-0.3, -0.25) is 9.59 Å². The van der Waals surface area contributed by atoms with E-state index < -0.39 is 24.1 Å². The van der Waals surface area contributed by atoms with Crippen molar-refractivity contribution in [2.45, 2.75) is 26.1 Å². The Hall–Kier alpha value is -2.35. The van der Waals surface area contributed by atoms with Crippen LogP contribution in [-0.2, 0) is 19.1 Å². The standard InChI is InChI=1S/C13H13NO4/c1-9(15)17-12(8-14)13(18-10(2)16)11-6-4-3-5-7-11/h3-7,12-13H,1-2H3/t12-,13-/m1/s1. The minimum atomic E-state index is -1.16. The van der Waals surface area contributed by atoms with Gasteiger partial charge < -0.3 is 9.47 Å². The van der Waals surface area contributed by atoms with Crippen molar-refractivity contribution in [2.24, 2.45) is 0 Å². The quantitative estimate of drug-likeness (QED) is 0.757. The third kappa shape index (κ3) is 3.91. The molecule has 0 fully saturated rings. The highest BCUT2D eigenvalue weighted by molar-refractivity contribution is 5.67. The Morgan fingerprint density at radius 1 is 1.11 bits per heavy atom. The van der Waals surface area contributed by atoms with Gasteiger partial charge in [-0.15, -0.1) is 0 Å². The third-order valence-corrected chi connectivity index (χ3v) is 2.12. The number of hydrogen-bond donors (Lipinski definition) is 0. The second-order valence-electron chi connectivity index (χ2n) is 3.60. The molecule has 5 heteroatoms. The predicted octanol–water partition coefficient (Wildman–Crippen LogP) is 1.75. The molecule has 0 heterocycles. The molecule has 0 N–H and O–H groups in total. The molecule has 2 atom stereocenters. The van der Waals surface area contributed by atoms with Gasteiger partial charge in [0.1, 0.15) is 6.07 Å². The summed E-state index contributed by atoms with van der Waals surface area (Å²) in [6.45, 7) is 2.43. The first-order valence-electron chi connectivity index (χ1n) is 5.33. The van der Waals surface area contributed by atoms with Gasteiger partial charge in [-0.2, -0.15) is 5.26 Å². The summed E-state index contributed by atoms with van der Waals surface area (Å²) < 4.78 is 9.89. The van der Waals surface area contributed by atoms with Gasteiger partial charge in [0, 0.05) is 13.8 Å².